The molecule has 2 heterocycles. The summed E-state index contributed by atoms with van der Waals surface area (Å²) in [4.78, 5) is 18.5. The highest BCUT2D eigenvalue weighted by Crippen LogP contribution is 2.16. The maximum Gasteiger partial charge on any atom is 0.259 e. The van der Waals surface area contributed by atoms with Crippen LogP contribution in [0.5, 0.6) is 0 Å². The van der Waals surface area contributed by atoms with Gasteiger partial charge in [0.25, 0.3) is 5.91 Å². The molecule has 0 spiro atoms. The Bertz CT molecular complexity index is 659. The van der Waals surface area contributed by atoms with Gasteiger partial charge in [0.2, 0.25) is 0 Å². The number of pyridine rings is 1. The molecule has 5 nitrogen and oxygen atoms in total. The van der Waals surface area contributed by atoms with E-state index in [9.17, 15) is 9.18 Å². The molecule has 2 N–H and O–H groups in total. The minimum Gasteiger partial charge on any atom is -0.368 e. The number of anilines is 2. The van der Waals surface area contributed by atoms with Crippen molar-refractivity contribution in [2.45, 2.75) is 0 Å². The van der Waals surface area contributed by atoms with Crippen molar-refractivity contribution in [1.29, 1.82) is 0 Å². The second-order valence-electron chi connectivity index (χ2n) is 5.07. The highest BCUT2D eigenvalue weighted by molar-refractivity contribution is 6.03. The van der Waals surface area contributed by atoms with Crippen LogP contribution in [0, 0.1) is 5.82 Å². The SMILES string of the molecule is Cl.O=C(Nc1ccc(N2CCNCC2)cn1)c1ccccc1F. The third kappa shape index (κ3) is 4.18. The third-order valence-corrected chi connectivity index (χ3v) is 3.59. The van der Waals surface area contributed by atoms with Gasteiger partial charge in [0.05, 0.1) is 17.4 Å². The summed E-state index contributed by atoms with van der Waals surface area (Å²) in [6.45, 7) is 3.77. The number of nitrogens with one attached hydrogen (secondary N) is 2. The van der Waals surface area contributed by atoms with Gasteiger partial charge in [-0.1, -0.05) is 12.1 Å². The number of hydrogen-bond acceptors (Lipinski definition) is 4. The molecule has 0 radical (unpaired) electrons. The summed E-state index contributed by atoms with van der Waals surface area (Å²) < 4.78 is 13.6. The molecule has 0 unspecified atom stereocenters. The molecule has 1 fully saturated rings. The predicted molar refractivity (Wildman–Crippen MR) is 90.9 cm³/mol. The van der Waals surface area contributed by atoms with E-state index in [4.69, 9.17) is 0 Å². The number of hydrogen-bond donors (Lipinski definition) is 2. The molecule has 2 aromatic rings. The highest BCUT2D eigenvalue weighted by Gasteiger charge is 2.13. The van der Waals surface area contributed by atoms with Gasteiger partial charge in [-0.25, -0.2) is 9.37 Å². The Labute approximate surface area is 140 Å². The van der Waals surface area contributed by atoms with Gasteiger partial charge in [0, 0.05) is 26.2 Å². The lowest BCUT2D eigenvalue weighted by molar-refractivity contribution is 0.102. The van der Waals surface area contributed by atoms with Crippen LogP contribution >= 0.6 is 12.4 Å². The number of carbonyl (C=O) groups is 1. The molecule has 7 heteroatoms. The third-order valence-electron chi connectivity index (χ3n) is 3.59. The Hall–Kier alpha value is -2.18. The van der Waals surface area contributed by atoms with Crippen molar-refractivity contribution < 1.29 is 9.18 Å². The molecule has 1 aromatic carbocycles. The molecule has 23 heavy (non-hydrogen) atoms. The lowest BCUT2D eigenvalue weighted by Gasteiger charge is -2.29. The summed E-state index contributed by atoms with van der Waals surface area (Å²) in [5, 5.41) is 5.90. The first-order valence-electron chi connectivity index (χ1n) is 7.21. The fourth-order valence-corrected chi connectivity index (χ4v) is 2.40. The van der Waals surface area contributed by atoms with Gasteiger partial charge in [-0.2, -0.15) is 0 Å². The molecule has 1 saturated heterocycles. The Balaban J connectivity index is 0.00000192. The summed E-state index contributed by atoms with van der Waals surface area (Å²) >= 11 is 0. The second kappa shape index (κ2) is 7.89. The zero-order chi connectivity index (χ0) is 15.4. The first-order chi connectivity index (χ1) is 10.7. The van der Waals surface area contributed by atoms with Crippen molar-refractivity contribution in [3.8, 4) is 0 Å². The number of benzene rings is 1. The molecule has 0 atom stereocenters. The van der Waals surface area contributed by atoms with E-state index in [0.29, 0.717) is 5.82 Å². The van der Waals surface area contributed by atoms with E-state index in [-0.39, 0.29) is 18.0 Å². The van der Waals surface area contributed by atoms with Gasteiger partial charge in [-0.3, -0.25) is 4.79 Å². The van der Waals surface area contributed by atoms with Gasteiger partial charge in [-0.05, 0) is 24.3 Å². The van der Waals surface area contributed by atoms with Crippen LogP contribution in [0.15, 0.2) is 42.6 Å². The van der Waals surface area contributed by atoms with Crippen LogP contribution in [0.1, 0.15) is 10.4 Å². The van der Waals surface area contributed by atoms with Crippen molar-refractivity contribution >= 4 is 29.8 Å². The summed E-state index contributed by atoms with van der Waals surface area (Å²) in [5.74, 6) is -0.634. The maximum absolute atomic E-state index is 13.6. The number of carbonyl (C=O) groups excluding carboxylic acids is 1. The van der Waals surface area contributed by atoms with Crippen LogP contribution in [0.25, 0.3) is 0 Å². The topological polar surface area (TPSA) is 57.3 Å². The molecule has 1 amide bonds. The smallest absolute Gasteiger partial charge is 0.259 e. The van der Waals surface area contributed by atoms with Crippen LogP contribution in [0.4, 0.5) is 15.9 Å². The second-order valence-corrected chi connectivity index (χ2v) is 5.07. The Morgan fingerprint density at radius 1 is 1.17 bits per heavy atom. The molecule has 1 aromatic heterocycles. The van der Waals surface area contributed by atoms with Crippen molar-refractivity contribution in [2.75, 3.05) is 36.4 Å². The number of rotatable bonds is 3. The summed E-state index contributed by atoms with van der Waals surface area (Å²) in [7, 11) is 0. The largest absolute Gasteiger partial charge is 0.368 e. The number of piperazine rings is 1. The highest BCUT2D eigenvalue weighted by atomic mass is 35.5. The standard InChI is InChI=1S/C16H17FN4O.ClH/c17-14-4-2-1-3-13(14)16(22)20-15-6-5-12(11-19-15)21-9-7-18-8-10-21;/h1-6,11,18H,7-10H2,(H,19,20,22);1H. The average Bonchev–Trinajstić information content (AvgIpc) is 2.57. The first kappa shape index (κ1) is 17.2. The molecule has 1 aliphatic heterocycles. The minimum absolute atomic E-state index is 0. The molecular formula is C16H18ClFN4O. The summed E-state index contributed by atoms with van der Waals surface area (Å²) in [5.41, 5.74) is 1.03. The maximum atomic E-state index is 13.6. The van der Waals surface area contributed by atoms with Gasteiger partial charge in [0.1, 0.15) is 11.6 Å². The Morgan fingerprint density at radius 3 is 2.57 bits per heavy atom. The Kier molecular flexibility index (Phi) is 5.90. The van der Waals surface area contributed by atoms with Gasteiger partial charge >= 0.3 is 0 Å². The van der Waals surface area contributed by atoms with Crippen LogP contribution in [0.2, 0.25) is 0 Å². The number of amides is 1. The van der Waals surface area contributed by atoms with Gasteiger partial charge < -0.3 is 15.5 Å². The van der Waals surface area contributed by atoms with E-state index in [1.807, 2.05) is 6.07 Å². The van der Waals surface area contributed by atoms with Crippen LogP contribution in [-0.2, 0) is 0 Å². The zero-order valence-corrected chi connectivity index (χ0v) is 13.3. The number of aromatic nitrogens is 1. The van der Waals surface area contributed by atoms with E-state index in [1.165, 1.54) is 12.1 Å². The van der Waals surface area contributed by atoms with Crippen LogP contribution in [-0.4, -0.2) is 37.1 Å². The van der Waals surface area contributed by atoms with Crippen molar-refractivity contribution in [3.63, 3.8) is 0 Å². The van der Waals surface area contributed by atoms with E-state index in [2.05, 4.69) is 20.5 Å². The molecule has 0 saturated carbocycles. The van der Waals surface area contributed by atoms with E-state index < -0.39 is 11.7 Å². The predicted octanol–water partition coefficient (Wildman–Crippen LogP) is 2.30. The average molecular weight is 337 g/mol. The molecule has 122 valence electrons. The first-order valence-corrected chi connectivity index (χ1v) is 7.21. The zero-order valence-electron chi connectivity index (χ0n) is 12.5. The van der Waals surface area contributed by atoms with Crippen molar-refractivity contribution in [2.24, 2.45) is 0 Å². The fourth-order valence-electron chi connectivity index (χ4n) is 2.40. The molecule has 0 aliphatic carbocycles. The molecule has 3 rings (SSSR count). The molecular weight excluding hydrogens is 319 g/mol. The lowest BCUT2D eigenvalue weighted by Crippen LogP contribution is -2.43. The Morgan fingerprint density at radius 2 is 1.91 bits per heavy atom. The van der Waals surface area contributed by atoms with Crippen LogP contribution in [0.3, 0.4) is 0 Å². The monoisotopic (exact) mass is 336 g/mol. The van der Waals surface area contributed by atoms with Gasteiger partial charge in [-0.15, -0.1) is 12.4 Å². The van der Waals surface area contributed by atoms with Crippen molar-refractivity contribution in [1.82, 2.24) is 10.3 Å². The quantitative estimate of drug-likeness (QED) is 0.903. The number of halogens is 2. The molecule has 1 aliphatic rings. The fraction of sp³-hybridized carbons (Fsp3) is 0.250. The van der Waals surface area contributed by atoms with Crippen LogP contribution < -0.4 is 15.5 Å². The summed E-state index contributed by atoms with van der Waals surface area (Å²) in [6.07, 6.45) is 1.72. The molecule has 0 bridgehead atoms. The minimum atomic E-state index is -0.544. The van der Waals surface area contributed by atoms with E-state index in [1.54, 1.807) is 24.4 Å². The lowest BCUT2D eigenvalue weighted by atomic mass is 10.2. The van der Waals surface area contributed by atoms with Gasteiger partial charge in [0.15, 0.2) is 0 Å². The van der Waals surface area contributed by atoms with E-state index in [0.717, 1.165) is 31.9 Å². The summed E-state index contributed by atoms with van der Waals surface area (Å²) in [6, 6.07) is 9.52. The van der Waals surface area contributed by atoms with Crippen molar-refractivity contribution in [3.05, 3.63) is 54.0 Å². The van der Waals surface area contributed by atoms with E-state index >= 15 is 0 Å². The number of nitrogens with zero attached hydrogens (tertiary/aromatic N) is 2. The normalized spacial score (nSPS) is 14.0.